The maximum Gasteiger partial charge on any atom is 0.364 e. The topological polar surface area (TPSA) is 37.3 Å². The summed E-state index contributed by atoms with van der Waals surface area (Å²) in [6, 6.07) is 0. The maximum atomic E-state index is 12.6. The molecule has 0 saturated heterocycles. The molecule has 3 heteroatoms. The Morgan fingerprint density at radius 1 is 0.957 bits per heavy atom. The molecule has 0 aromatic carbocycles. The number of carboxylic acid groups (broad SMARTS) is 1. The van der Waals surface area contributed by atoms with E-state index in [9.17, 15) is 9.18 Å². The van der Waals surface area contributed by atoms with E-state index >= 15 is 0 Å². The highest BCUT2D eigenvalue weighted by molar-refractivity contribution is 5.83. The number of unbranched alkanes of at least 4 members (excludes halogenated alkanes) is 6. The lowest BCUT2D eigenvalue weighted by molar-refractivity contribution is -0.134. The summed E-state index contributed by atoms with van der Waals surface area (Å²) in [5.41, 5.74) is 0. The van der Waals surface area contributed by atoms with Gasteiger partial charge in [0.15, 0.2) is 0 Å². The van der Waals surface area contributed by atoms with Crippen LogP contribution in [-0.4, -0.2) is 11.1 Å². The fourth-order valence-electron chi connectivity index (χ4n) is 1.95. The standard InChI is InChI=1S/C20H29FO2/c1-2-3-4-5-6-7-8-9-10-11-12-13-14-15-16-17-18-19(21)20(22)23/h9-10,12-13,18H,2-8,11,14,17H2,1H3,(H,22,23). The van der Waals surface area contributed by atoms with Crippen molar-refractivity contribution in [1.29, 1.82) is 0 Å². The lowest BCUT2D eigenvalue weighted by Crippen LogP contribution is -1.93. The minimum Gasteiger partial charge on any atom is -0.476 e. The third-order valence-corrected chi connectivity index (χ3v) is 3.26. The molecule has 0 unspecified atom stereocenters. The summed E-state index contributed by atoms with van der Waals surface area (Å²) in [5, 5.41) is 8.30. The van der Waals surface area contributed by atoms with Crippen LogP contribution in [-0.2, 0) is 4.79 Å². The van der Waals surface area contributed by atoms with Gasteiger partial charge in [-0.2, -0.15) is 4.39 Å². The zero-order valence-corrected chi connectivity index (χ0v) is 14.2. The molecule has 128 valence electrons. The quantitative estimate of drug-likeness (QED) is 0.208. The van der Waals surface area contributed by atoms with Gasteiger partial charge in [0.05, 0.1) is 0 Å². The van der Waals surface area contributed by atoms with Gasteiger partial charge in [0, 0.05) is 12.8 Å². The smallest absolute Gasteiger partial charge is 0.364 e. The number of carboxylic acids is 1. The highest BCUT2D eigenvalue weighted by atomic mass is 19.1. The molecular weight excluding hydrogens is 291 g/mol. The molecule has 0 saturated carbocycles. The highest BCUT2D eigenvalue weighted by Crippen LogP contribution is 2.07. The molecule has 0 heterocycles. The first-order valence-corrected chi connectivity index (χ1v) is 8.53. The van der Waals surface area contributed by atoms with Crippen molar-refractivity contribution in [2.24, 2.45) is 0 Å². The highest BCUT2D eigenvalue weighted by Gasteiger charge is 2.01. The van der Waals surface area contributed by atoms with E-state index in [1.807, 2.05) is 6.08 Å². The van der Waals surface area contributed by atoms with Crippen LogP contribution >= 0.6 is 0 Å². The van der Waals surface area contributed by atoms with E-state index in [4.69, 9.17) is 5.11 Å². The zero-order chi connectivity index (χ0) is 17.2. The second-order valence-corrected chi connectivity index (χ2v) is 5.35. The van der Waals surface area contributed by atoms with Gasteiger partial charge in [0.25, 0.3) is 0 Å². The summed E-state index contributed by atoms with van der Waals surface area (Å²) in [6.45, 7) is 2.23. The summed E-state index contributed by atoms with van der Waals surface area (Å²) in [5.74, 6) is 2.87. The number of halogens is 1. The Kier molecular flexibility index (Phi) is 15.2. The Morgan fingerprint density at radius 2 is 1.61 bits per heavy atom. The second-order valence-electron chi connectivity index (χ2n) is 5.35. The van der Waals surface area contributed by atoms with Crippen molar-refractivity contribution in [2.45, 2.75) is 71.1 Å². The van der Waals surface area contributed by atoms with E-state index in [-0.39, 0.29) is 6.42 Å². The van der Waals surface area contributed by atoms with Crippen LogP contribution in [0, 0.1) is 11.8 Å². The van der Waals surface area contributed by atoms with Crippen molar-refractivity contribution in [3.05, 3.63) is 36.2 Å². The van der Waals surface area contributed by atoms with Crippen LogP contribution in [0.4, 0.5) is 4.39 Å². The fourth-order valence-corrected chi connectivity index (χ4v) is 1.95. The van der Waals surface area contributed by atoms with E-state index in [1.165, 1.54) is 38.5 Å². The van der Waals surface area contributed by atoms with Gasteiger partial charge in [-0.3, -0.25) is 0 Å². The van der Waals surface area contributed by atoms with Crippen LogP contribution in [0.5, 0.6) is 0 Å². The van der Waals surface area contributed by atoms with Crippen molar-refractivity contribution in [3.63, 3.8) is 0 Å². The van der Waals surface area contributed by atoms with E-state index in [2.05, 4.69) is 37.0 Å². The van der Waals surface area contributed by atoms with Crippen molar-refractivity contribution < 1.29 is 14.3 Å². The summed E-state index contributed by atoms with van der Waals surface area (Å²) >= 11 is 0. The third kappa shape index (κ3) is 16.4. The van der Waals surface area contributed by atoms with Gasteiger partial charge < -0.3 is 5.11 Å². The fraction of sp³-hybridized carbons (Fsp3) is 0.550. The predicted octanol–water partition coefficient (Wildman–Crippen LogP) is 5.96. The third-order valence-electron chi connectivity index (χ3n) is 3.26. The minimum atomic E-state index is -1.54. The molecule has 0 spiro atoms. The van der Waals surface area contributed by atoms with Gasteiger partial charge >= 0.3 is 5.97 Å². The van der Waals surface area contributed by atoms with E-state index in [1.54, 1.807) is 0 Å². The van der Waals surface area contributed by atoms with Crippen molar-refractivity contribution in [3.8, 4) is 11.8 Å². The summed E-state index contributed by atoms with van der Waals surface area (Å²) in [6.07, 6.45) is 20.2. The molecule has 0 amide bonds. The average molecular weight is 320 g/mol. The van der Waals surface area contributed by atoms with Crippen molar-refractivity contribution in [1.82, 2.24) is 0 Å². The van der Waals surface area contributed by atoms with Crippen LogP contribution in [0.3, 0.4) is 0 Å². The first-order chi connectivity index (χ1) is 11.2. The van der Waals surface area contributed by atoms with Crippen LogP contribution in [0.25, 0.3) is 0 Å². The Bertz CT molecular complexity index is 450. The molecule has 0 atom stereocenters. The maximum absolute atomic E-state index is 12.6. The molecule has 0 aliphatic heterocycles. The lowest BCUT2D eigenvalue weighted by Gasteiger charge is -1.97. The Balaban J connectivity index is 3.52. The van der Waals surface area contributed by atoms with E-state index in [0.717, 1.165) is 18.9 Å². The SMILES string of the molecule is CCCCCCCCC=CCC=CCC#CCC=C(F)C(=O)O. The predicted molar refractivity (Wildman–Crippen MR) is 94.7 cm³/mol. The molecule has 0 bridgehead atoms. The number of carbonyl (C=O) groups is 1. The van der Waals surface area contributed by atoms with Gasteiger partial charge in [0.1, 0.15) is 0 Å². The summed E-state index contributed by atoms with van der Waals surface area (Å²) in [7, 11) is 0. The second kappa shape index (κ2) is 16.5. The molecule has 1 N–H and O–H groups in total. The van der Waals surface area contributed by atoms with Crippen molar-refractivity contribution in [2.75, 3.05) is 0 Å². The molecule has 0 aliphatic rings. The Labute approximate surface area is 140 Å². The minimum absolute atomic E-state index is 0.129. The largest absolute Gasteiger partial charge is 0.476 e. The van der Waals surface area contributed by atoms with Gasteiger partial charge in [-0.1, -0.05) is 75.2 Å². The van der Waals surface area contributed by atoms with Crippen LogP contribution in [0.15, 0.2) is 36.2 Å². The molecule has 0 fully saturated rings. The molecule has 0 aromatic heterocycles. The molecule has 0 aliphatic carbocycles. The molecule has 0 radical (unpaired) electrons. The normalized spacial score (nSPS) is 11.8. The van der Waals surface area contributed by atoms with E-state index in [0.29, 0.717) is 6.42 Å². The summed E-state index contributed by atoms with van der Waals surface area (Å²) < 4.78 is 12.6. The molecule has 23 heavy (non-hydrogen) atoms. The number of hydrogen-bond acceptors (Lipinski definition) is 1. The number of hydrogen-bond donors (Lipinski definition) is 1. The average Bonchev–Trinajstić information content (AvgIpc) is 2.54. The van der Waals surface area contributed by atoms with Gasteiger partial charge in [-0.25, -0.2) is 4.79 Å². The lowest BCUT2D eigenvalue weighted by atomic mass is 10.1. The van der Waals surface area contributed by atoms with Crippen LogP contribution in [0.1, 0.15) is 71.1 Å². The van der Waals surface area contributed by atoms with Crippen LogP contribution < -0.4 is 0 Å². The van der Waals surface area contributed by atoms with Gasteiger partial charge in [-0.05, 0) is 25.3 Å². The van der Waals surface area contributed by atoms with Gasteiger partial charge in [-0.15, -0.1) is 0 Å². The number of allylic oxidation sites excluding steroid dienone is 5. The molecule has 2 nitrogen and oxygen atoms in total. The van der Waals surface area contributed by atoms with E-state index < -0.39 is 11.8 Å². The Morgan fingerprint density at radius 3 is 2.35 bits per heavy atom. The monoisotopic (exact) mass is 320 g/mol. The van der Waals surface area contributed by atoms with Gasteiger partial charge in [0.2, 0.25) is 5.83 Å². The summed E-state index contributed by atoms with van der Waals surface area (Å²) in [4.78, 5) is 10.2. The number of aliphatic carboxylic acids is 1. The molecular formula is C20H29FO2. The molecule has 0 rings (SSSR count). The van der Waals surface area contributed by atoms with Crippen molar-refractivity contribution >= 4 is 5.97 Å². The molecule has 0 aromatic rings. The Hall–Kier alpha value is -1.82. The first-order valence-electron chi connectivity index (χ1n) is 8.53. The zero-order valence-electron chi connectivity index (χ0n) is 14.2. The first kappa shape index (κ1) is 21.2. The van der Waals surface area contributed by atoms with Crippen LogP contribution in [0.2, 0.25) is 0 Å². The number of rotatable bonds is 12.